The Labute approximate surface area is 125 Å². The summed E-state index contributed by atoms with van der Waals surface area (Å²) >= 11 is 0. The van der Waals surface area contributed by atoms with Crippen LogP contribution in [-0.4, -0.2) is 9.67 Å². The highest BCUT2D eigenvalue weighted by Crippen LogP contribution is 2.35. The number of aliphatic hydroxyl groups excluding tert-OH is 1. The Morgan fingerprint density at radius 3 is 2.76 bits per heavy atom. The van der Waals surface area contributed by atoms with E-state index in [1.165, 1.54) is 5.69 Å². The lowest BCUT2D eigenvalue weighted by Gasteiger charge is -2.24. The molecule has 1 aromatic carbocycles. The third-order valence-corrected chi connectivity index (χ3v) is 4.68. The Balaban J connectivity index is 2.05. The topological polar surface area (TPSA) is 25.2 Å². The molecule has 21 heavy (non-hydrogen) atoms. The van der Waals surface area contributed by atoms with Gasteiger partial charge in [0.25, 0.3) is 0 Å². The fraction of sp³-hybridized carbons (Fsp3) is 0.444. The number of fused-ring (bicyclic) bond motifs is 1. The Kier molecular flexibility index (Phi) is 3.62. The van der Waals surface area contributed by atoms with Crippen LogP contribution in [0.3, 0.4) is 0 Å². The van der Waals surface area contributed by atoms with Crippen molar-refractivity contribution in [3.05, 3.63) is 58.2 Å². The molecule has 112 valence electrons. The molecule has 0 spiro atoms. The van der Waals surface area contributed by atoms with Crippen LogP contribution in [0, 0.1) is 19.7 Å². The largest absolute Gasteiger partial charge is 0.388 e. The van der Waals surface area contributed by atoms with Crippen LogP contribution in [0.2, 0.25) is 0 Å². The minimum atomic E-state index is -0.351. The van der Waals surface area contributed by atoms with Gasteiger partial charge in [0.15, 0.2) is 0 Å². The summed E-state index contributed by atoms with van der Waals surface area (Å²) in [5.41, 5.74) is 5.04. The maximum absolute atomic E-state index is 13.8. The van der Waals surface area contributed by atoms with Crippen molar-refractivity contribution in [1.29, 1.82) is 0 Å². The van der Waals surface area contributed by atoms with Crippen LogP contribution in [0.4, 0.5) is 4.39 Å². The zero-order valence-corrected chi connectivity index (χ0v) is 12.9. The van der Waals surface area contributed by atoms with Crippen molar-refractivity contribution in [2.24, 2.45) is 0 Å². The molecule has 3 rings (SSSR count). The van der Waals surface area contributed by atoms with Crippen LogP contribution in [-0.2, 0) is 6.42 Å². The van der Waals surface area contributed by atoms with Gasteiger partial charge in [0.2, 0.25) is 0 Å². The number of rotatable bonds is 2. The molecule has 0 aliphatic heterocycles. The lowest BCUT2D eigenvalue weighted by Crippen LogP contribution is -2.16. The fourth-order valence-electron chi connectivity index (χ4n) is 3.46. The normalized spacial score (nSPS) is 19.4. The molecule has 1 aromatic heterocycles. The summed E-state index contributed by atoms with van der Waals surface area (Å²) < 4.78 is 16.1. The van der Waals surface area contributed by atoms with E-state index >= 15 is 0 Å². The number of benzene rings is 1. The van der Waals surface area contributed by atoms with Crippen molar-refractivity contribution in [2.45, 2.75) is 52.2 Å². The first-order valence-corrected chi connectivity index (χ1v) is 7.63. The molecular formula is C18H22FNO. The van der Waals surface area contributed by atoms with Crippen LogP contribution in [0.25, 0.3) is 0 Å². The van der Waals surface area contributed by atoms with Crippen LogP contribution < -0.4 is 0 Å². The molecule has 0 radical (unpaired) electrons. The molecule has 2 nitrogen and oxygen atoms in total. The van der Waals surface area contributed by atoms with E-state index in [4.69, 9.17) is 0 Å². The van der Waals surface area contributed by atoms with Crippen molar-refractivity contribution in [3.63, 3.8) is 0 Å². The summed E-state index contributed by atoms with van der Waals surface area (Å²) in [7, 11) is 0. The SMILES string of the molecule is Cc1ccc(C(C)n2c(C)cc3c2CCCC3O)cc1F. The van der Waals surface area contributed by atoms with Gasteiger partial charge in [0, 0.05) is 17.0 Å². The molecule has 0 saturated heterocycles. The molecule has 0 saturated carbocycles. The molecule has 1 aliphatic rings. The summed E-state index contributed by atoms with van der Waals surface area (Å²) in [6.45, 7) is 5.94. The Morgan fingerprint density at radius 2 is 2.05 bits per heavy atom. The number of halogens is 1. The van der Waals surface area contributed by atoms with Crippen molar-refractivity contribution < 1.29 is 9.50 Å². The van der Waals surface area contributed by atoms with Crippen LogP contribution >= 0.6 is 0 Å². The first-order valence-electron chi connectivity index (χ1n) is 7.63. The molecule has 1 N–H and O–H groups in total. The number of aryl methyl sites for hydroxylation is 2. The van der Waals surface area contributed by atoms with Gasteiger partial charge in [-0.15, -0.1) is 0 Å². The minimum absolute atomic E-state index is 0.0779. The average molecular weight is 287 g/mol. The maximum Gasteiger partial charge on any atom is 0.126 e. The summed E-state index contributed by atoms with van der Waals surface area (Å²) in [5, 5.41) is 10.2. The predicted octanol–water partition coefficient (Wildman–Crippen LogP) is 4.22. The smallest absolute Gasteiger partial charge is 0.126 e. The van der Waals surface area contributed by atoms with Gasteiger partial charge in [0.05, 0.1) is 12.1 Å². The van der Waals surface area contributed by atoms with E-state index in [0.29, 0.717) is 5.56 Å². The quantitative estimate of drug-likeness (QED) is 0.879. The molecule has 0 fully saturated rings. The van der Waals surface area contributed by atoms with Gasteiger partial charge in [0.1, 0.15) is 5.82 Å². The zero-order valence-electron chi connectivity index (χ0n) is 12.9. The molecule has 2 atom stereocenters. The van der Waals surface area contributed by atoms with Gasteiger partial charge in [-0.25, -0.2) is 4.39 Å². The first-order chi connectivity index (χ1) is 9.99. The number of hydrogen-bond acceptors (Lipinski definition) is 1. The maximum atomic E-state index is 13.8. The number of aromatic nitrogens is 1. The van der Waals surface area contributed by atoms with Crippen molar-refractivity contribution in [3.8, 4) is 0 Å². The molecule has 0 amide bonds. The molecule has 0 bridgehead atoms. The molecule has 3 heteroatoms. The van der Waals surface area contributed by atoms with Gasteiger partial charge in [-0.2, -0.15) is 0 Å². The van der Waals surface area contributed by atoms with Crippen molar-refractivity contribution in [1.82, 2.24) is 4.57 Å². The van der Waals surface area contributed by atoms with E-state index in [-0.39, 0.29) is 18.0 Å². The second kappa shape index (κ2) is 5.30. The second-order valence-corrected chi connectivity index (χ2v) is 6.15. The van der Waals surface area contributed by atoms with Crippen molar-refractivity contribution in [2.75, 3.05) is 0 Å². The monoisotopic (exact) mass is 287 g/mol. The highest BCUT2D eigenvalue weighted by Gasteiger charge is 2.25. The molecule has 1 heterocycles. The van der Waals surface area contributed by atoms with Gasteiger partial charge in [-0.05, 0) is 63.3 Å². The van der Waals surface area contributed by atoms with E-state index in [9.17, 15) is 9.50 Å². The van der Waals surface area contributed by atoms with E-state index in [1.807, 2.05) is 12.1 Å². The Morgan fingerprint density at radius 1 is 1.29 bits per heavy atom. The summed E-state index contributed by atoms with van der Waals surface area (Å²) in [6.07, 6.45) is 2.48. The number of aliphatic hydroxyl groups is 1. The number of nitrogens with zero attached hydrogens (tertiary/aromatic N) is 1. The first kappa shape index (κ1) is 14.3. The summed E-state index contributed by atoms with van der Waals surface area (Å²) in [4.78, 5) is 0. The zero-order chi connectivity index (χ0) is 15.1. The summed E-state index contributed by atoms with van der Waals surface area (Å²) in [5.74, 6) is -0.155. The van der Waals surface area contributed by atoms with Gasteiger partial charge >= 0.3 is 0 Å². The van der Waals surface area contributed by atoms with E-state index < -0.39 is 0 Å². The lowest BCUT2D eigenvalue weighted by molar-refractivity contribution is 0.155. The van der Waals surface area contributed by atoms with Crippen molar-refractivity contribution >= 4 is 0 Å². The van der Waals surface area contributed by atoms with E-state index in [1.54, 1.807) is 13.0 Å². The van der Waals surface area contributed by atoms with E-state index in [0.717, 1.165) is 36.1 Å². The Bertz CT molecular complexity index is 674. The van der Waals surface area contributed by atoms with Crippen LogP contribution in [0.5, 0.6) is 0 Å². The van der Waals surface area contributed by atoms with Crippen LogP contribution in [0.15, 0.2) is 24.3 Å². The highest BCUT2D eigenvalue weighted by atomic mass is 19.1. The third kappa shape index (κ3) is 2.40. The number of hydrogen-bond donors (Lipinski definition) is 1. The highest BCUT2D eigenvalue weighted by molar-refractivity contribution is 5.35. The average Bonchev–Trinajstić information content (AvgIpc) is 2.79. The lowest BCUT2D eigenvalue weighted by atomic mass is 9.94. The van der Waals surface area contributed by atoms with Gasteiger partial charge < -0.3 is 9.67 Å². The second-order valence-electron chi connectivity index (χ2n) is 6.15. The Hall–Kier alpha value is -1.61. The molecule has 1 aliphatic carbocycles. The van der Waals surface area contributed by atoms with Crippen LogP contribution in [0.1, 0.15) is 60.0 Å². The molecular weight excluding hydrogens is 265 g/mol. The van der Waals surface area contributed by atoms with Gasteiger partial charge in [-0.1, -0.05) is 12.1 Å². The molecule has 2 aromatic rings. The minimum Gasteiger partial charge on any atom is -0.388 e. The van der Waals surface area contributed by atoms with E-state index in [2.05, 4.69) is 24.5 Å². The third-order valence-electron chi connectivity index (χ3n) is 4.68. The predicted molar refractivity (Wildman–Crippen MR) is 82.0 cm³/mol. The summed E-state index contributed by atoms with van der Waals surface area (Å²) in [6, 6.07) is 7.62. The molecule has 2 unspecified atom stereocenters. The van der Waals surface area contributed by atoms with Gasteiger partial charge in [-0.3, -0.25) is 0 Å². The standard InChI is InChI=1S/C18H22FNO/c1-11-7-8-14(10-16(11)19)13(3)20-12(2)9-15-17(20)5-4-6-18(15)21/h7-10,13,18,21H,4-6H2,1-3H3. The fourth-order valence-corrected chi connectivity index (χ4v) is 3.46.